The quantitative estimate of drug-likeness (QED) is 0.321. The maximum absolute atomic E-state index is 10.2. The van der Waals surface area contributed by atoms with E-state index < -0.39 is 6.10 Å². The summed E-state index contributed by atoms with van der Waals surface area (Å²) in [6, 6.07) is 14.0. The predicted molar refractivity (Wildman–Crippen MR) is 136 cm³/mol. The van der Waals surface area contributed by atoms with E-state index in [1.807, 2.05) is 30.3 Å². The Morgan fingerprint density at radius 1 is 1.09 bits per heavy atom. The highest BCUT2D eigenvalue weighted by atomic mass is 79.9. The first-order valence-corrected chi connectivity index (χ1v) is 12.5. The van der Waals surface area contributed by atoms with E-state index in [0.717, 1.165) is 21.3 Å². The molecule has 0 aliphatic heterocycles. The van der Waals surface area contributed by atoms with Gasteiger partial charge in [0.1, 0.15) is 29.9 Å². The van der Waals surface area contributed by atoms with Crippen molar-refractivity contribution in [2.45, 2.75) is 45.4 Å². The molecule has 34 heavy (non-hydrogen) atoms. The minimum Gasteiger partial charge on any atom is -0.492 e. The normalized spacial score (nSPS) is 13.5. The van der Waals surface area contributed by atoms with Crippen LogP contribution in [0.1, 0.15) is 37.6 Å². The zero-order chi connectivity index (χ0) is 24.7. The van der Waals surface area contributed by atoms with Crippen LogP contribution >= 0.6 is 27.5 Å². The van der Waals surface area contributed by atoms with Crippen molar-refractivity contribution in [3.63, 3.8) is 0 Å². The fourth-order valence-corrected chi connectivity index (χ4v) is 3.96. The Morgan fingerprint density at radius 2 is 1.79 bits per heavy atom. The smallest absolute Gasteiger partial charge is 0.133 e. The van der Waals surface area contributed by atoms with Gasteiger partial charge in [-0.05, 0) is 51.3 Å². The van der Waals surface area contributed by atoms with Crippen LogP contribution in [0.3, 0.4) is 0 Å². The van der Waals surface area contributed by atoms with Crippen LogP contribution in [-0.2, 0) is 18.6 Å². The molecule has 1 aromatic heterocycles. The lowest BCUT2D eigenvalue weighted by atomic mass is 9.78. The number of alkyl halides is 1. The Balaban J connectivity index is 1.59. The van der Waals surface area contributed by atoms with Crippen LogP contribution in [0.25, 0.3) is 0 Å². The highest BCUT2D eigenvalue weighted by Gasteiger charge is 2.24. The zero-order valence-electron chi connectivity index (χ0n) is 19.6. The molecular weight excluding hydrogens is 522 g/mol. The Labute approximate surface area is 213 Å². The fraction of sp³-hybridized carbons (Fsp3) is 0.440. The van der Waals surface area contributed by atoms with Gasteiger partial charge < -0.3 is 19.7 Å². The van der Waals surface area contributed by atoms with Gasteiger partial charge in [-0.15, -0.1) is 16.7 Å². The first kappa shape index (κ1) is 26.5. The highest BCUT2D eigenvalue weighted by Crippen LogP contribution is 2.36. The molecule has 9 heteroatoms. The molecule has 1 heterocycles. The summed E-state index contributed by atoms with van der Waals surface area (Å²) >= 11 is 9.50. The fourth-order valence-electron chi connectivity index (χ4n) is 3.38. The molecule has 0 radical (unpaired) electrons. The summed E-state index contributed by atoms with van der Waals surface area (Å²) in [6.45, 7) is 7.14. The molecule has 0 bridgehead atoms. The number of ether oxygens (including phenoxy) is 2. The largest absolute Gasteiger partial charge is 0.492 e. The molecule has 0 unspecified atom stereocenters. The molecule has 0 saturated heterocycles. The summed E-state index contributed by atoms with van der Waals surface area (Å²) in [4.78, 5) is 0. The summed E-state index contributed by atoms with van der Waals surface area (Å²) in [5.74, 6) is 2.33. The second-order valence-electron chi connectivity index (χ2n) is 8.92. The number of aliphatic hydroxyl groups excluding tert-OH is 2. The third kappa shape index (κ3) is 6.95. The lowest BCUT2D eigenvalue weighted by Crippen LogP contribution is -2.24. The van der Waals surface area contributed by atoms with Crippen molar-refractivity contribution >= 4 is 27.5 Å². The number of aliphatic hydroxyl groups is 2. The van der Waals surface area contributed by atoms with Crippen molar-refractivity contribution in [3.05, 3.63) is 70.0 Å². The van der Waals surface area contributed by atoms with Crippen LogP contribution in [-0.4, -0.2) is 50.4 Å². The van der Waals surface area contributed by atoms with Crippen LogP contribution in [0.15, 0.2) is 53.1 Å². The topological polar surface area (TPSA) is 89.6 Å². The number of hydrogen-bond acceptors (Lipinski definition) is 6. The van der Waals surface area contributed by atoms with E-state index in [0.29, 0.717) is 23.9 Å². The molecule has 0 fully saturated rings. The predicted octanol–water partition coefficient (Wildman–Crippen LogP) is 4.55. The maximum atomic E-state index is 10.2. The molecule has 0 saturated carbocycles. The summed E-state index contributed by atoms with van der Waals surface area (Å²) < 4.78 is 14.0. The van der Waals surface area contributed by atoms with Gasteiger partial charge in [0.2, 0.25) is 0 Å². The van der Waals surface area contributed by atoms with E-state index in [1.54, 1.807) is 6.20 Å². The number of hydrogen-bond donors (Lipinski definition) is 2. The Bertz CT molecular complexity index is 1060. The lowest BCUT2D eigenvalue weighted by molar-refractivity contribution is 0.0888. The molecule has 0 spiro atoms. The maximum Gasteiger partial charge on any atom is 0.133 e. The van der Waals surface area contributed by atoms with E-state index in [2.05, 4.69) is 59.1 Å². The lowest BCUT2D eigenvalue weighted by Gasteiger charge is -2.27. The number of aromatic nitrogens is 3. The molecule has 3 aromatic rings. The highest BCUT2D eigenvalue weighted by molar-refractivity contribution is 9.10. The molecule has 0 amide bonds. The molecule has 2 atom stereocenters. The van der Waals surface area contributed by atoms with Crippen molar-refractivity contribution in [1.29, 1.82) is 0 Å². The van der Waals surface area contributed by atoms with Gasteiger partial charge >= 0.3 is 0 Å². The van der Waals surface area contributed by atoms with Gasteiger partial charge in [-0.2, -0.15) is 0 Å². The number of rotatable bonds is 12. The van der Waals surface area contributed by atoms with Crippen LogP contribution in [0.2, 0.25) is 0 Å². The van der Waals surface area contributed by atoms with Crippen molar-refractivity contribution in [2.75, 3.05) is 19.1 Å². The van der Waals surface area contributed by atoms with Gasteiger partial charge in [-0.3, -0.25) is 0 Å². The van der Waals surface area contributed by atoms with Gasteiger partial charge in [-0.1, -0.05) is 44.2 Å². The number of nitrogens with zero attached hydrogens (tertiary/aromatic N) is 3. The third-order valence-electron chi connectivity index (χ3n) is 5.60. The van der Waals surface area contributed by atoms with E-state index in [4.69, 9.17) is 26.2 Å². The van der Waals surface area contributed by atoms with Crippen LogP contribution in [0, 0.1) is 5.92 Å². The van der Waals surface area contributed by atoms with Crippen LogP contribution in [0.4, 0.5) is 0 Å². The summed E-state index contributed by atoms with van der Waals surface area (Å²) in [5, 5.41) is 26.9. The standard InChI is InChI=1S/C25H31BrClN3O4/c1-17(11-27)15-34-24-9-6-19(10-23(24)26)25(2,3)18-4-7-22(8-5-18)33-16-21(32)13-30-12-20(14-31)28-29-30/h4-10,12,17,21,31-32H,11,13-16H2,1-3H3/t17-,21+/m1/s1. The summed E-state index contributed by atoms with van der Waals surface area (Å²) in [6.07, 6.45) is 0.840. The van der Waals surface area contributed by atoms with Gasteiger partial charge in [0.05, 0.1) is 30.4 Å². The molecule has 0 aliphatic rings. The Morgan fingerprint density at radius 3 is 2.41 bits per heavy atom. The van der Waals surface area contributed by atoms with Gasteiger partial charge in [0, 0.05) is 17.2 Å². The van der Waals surface area contributed by atoms with Gasteiger partial charge in [0.15, 0.2) is 0 Å². The van der Waals surface area contributed by atoms with Gasteiger partial charge in [-0.25, -0.2) is 4.68 Å². The SMILES string of the molecule is C[C@H](CCl)COc1ccc(C(C)(C)c2ccc(OC[C@@H](O)Cn3cc(CO)nn3)cc2)cc1Br. The van der Waals surface area contributed by atoms with Crippen molar-refractivity contribution in [2.24, 2.45) is 5.92 Å². The Hall–Kier alpha value is -2.13. The van der Waals surface area contributed by atoms with Crippen molar-refractivity contribution in [3.8, 4) is 11.5 Å². The van der Waals surface area contributed by atoms with Crippen molar-refractivity contribution in [1.82, 2.24) is 15.0 Å². The first-order chi connectivity index (χ1) is 16.2. The average molecular weight is 553 g/mol. The van der Waals surface area contributed by atoms with E-state index in [9.17, 15) is 5.11 Å². The van der Waals surface area contributed by atoms with Crippen molar-refractivity contribution < 1.29 is 19.7 Å². The molecular formula is C25H31BrClN3O4. The second-order valence-corrected chi connectivity index (χ2v) is 10.1. The van der Waals surface area contributed by atoms with E-state index in [-0.39, 0.29) is 31.1 Å². The van der Waals surface area contributed by atoms with Gasteiger partial charge in [0.25, 0.3) is 0 Å². The number of benzene rings is 2. The Kier molecular flexibility index (Phi) is 9.36. The molecule has 3 rings (SSSR count). The zero-order valence-corrected chi connectivity index (χ0v) is 22.0. The molecule has 2 N–H and O–H groups in total. The second kappa shape index (κ2) is 12.0. The van der Waals surface area contributed by atoms with Crippen LogP contribution < -0.4 is 9.47 Å². The van der Waals surface area contributed by atoms with Crippen LogP contribution in [0.5, 0.6) is 11.5 Å². The molecule has 184 valence electrons. The third-order valence-corrected chi connectivity index (χ3v) is 6.75. The average Bonchev–Trinajstić information content (AvgIpc) is 3.29. The molecule has 7 nitrogen and oxygen atoms in total. The summed E-state index contributed by atoms with van der Waals surface area (Å²) in [7, 11) is 0. The van der Waals surface area contributed by atoms with E-state index >= 15 is 0 Å². The first-order valence-electron chi connectivity index (χ1n) is 11.1. The molecule has 2 aromatic carbocycles. The minimum atomic E-state index is -0.755. The molecule has 0 aliphatic carbocycles. The minimum absolute atomic E-state index is 0.119. The summed E-state index contributed by atoms with van der Waals surface area (Å²) in [5.41, 5.74) is 2.51. The monoisotopic (exact) mass is 551 g/mol. The van der Waals surface area contributed by atoms with E-state index in [1.165, 1.54) is 4.68 Å². The number of halogens is 2.